The summed E-state index contributed by atoms with van der Waals surface area (Å²) >= 11 is 0. The van der Waals surface area contributed by atoms with Gasteiger partial charge in [-0.05, 0) is 45.6 Å². The van der Waals surface area contributed by atoms with Crippen molar-refractivity contribution in [3.63, 3.8) is 0 Å². The van der Waals surface area contributed by atoms with Gasteiger partial charge in [0.2, 0.25) is 0 Å². The highest BCUT2D eigenvalue weighted by Gasteiger charge is 2.38. The number of nitrogens with one attached hydrogen (secondary N) is 2. The number of hydrogen-bond donors (Lipinski definition) is 2. The average molecular weight is 514 g/mol. The molecular weight excluding hydrogens is 475 g/mol. The Balaban J connectivity index is 0.00000300. The van der Waals surface area contributed by atoms with Crippen LogP contribution in [0.5, 0.6) is 5.75 Å². The first-order valence-corrected chi connectivity index (χ1v) is 10.9. The topological polar surface area (TPSA) is 48.9 Å². The summed E-state index contributed by atoms with van der Waals surface area (Å²) in [6.07, 6.45) is 7.31. The SMILES string of the molecule is CN=C(NCC1(c2ccccc2OC)CCCC1)NC1CCN(C(C)C)CC1.I. The fourth-order valence-electron chi connectivity index (χ4n) is 4.88. The lowest BCUT2D eigenvalue weighted by molar-refractivity contribution is 0.167. The Hall–Kier alpha value is -1.02. The smallest absolute Gasteiger partial charge is 0.191 e. The van der Waals surface area contributed by atoms with Crippen LogP contribution in [-0.2, 0) is 5.41 Å². The molecule has 2 fully saturated rings. The van der Waals surface area contributed by atoms with Gasteiger partial charge in [-0.1, -0.05) is 31.0 Å². The van der Waals surface area contributed by atoms with Crippen molar-refractivity contribution in [3.05, 3.63) is 29.8 Å². The maximum Gasteiger partial charge on any atom is 0.191 e. The molecule has 1 aromatic rings. The summed E-state index contributed by atoms with van der Waals surface area (Å²) in [6, 6.07) is 9.67. The van der Waals surface area contributed by atoms with E-state index in [0.717, 1.165) is 31.3 Å². The molecule has 0 bridgehead atoms. The van der Waals surface area contributed by atoms with Crippen LogP contribution in [0.1, 0.15) is 57.9 Å². The standard InChI is InChI=1S/C23H38N4O.HI/c1-18(2)27-15-11-19(12-16-27)26-22(24-3)25-17-23(13-7-8-14-23)20-9-5-6-10-21(20)28-4;/h5-6,9-10,18-19H,7-8,11-17H2,1-4H3,(H2,24,25,26);1H. The molecule has 5 nitrogen and oxygen atoms in total. The van der Waals surface area contributed by atoms with Gasteiger partial charge in [-0.3, -0.25) is 4.99 Å². The monoisotopic (exact) mass is 514 g/mol. The first-order chi connectivity index (χ1) is 13.6. The minimum absolute atomic E-state index is 0. The van der Waals surface area contributed by atoms with Crippen molar-refractivity contribution in [2.75, 3.05) is 33.8 Å². The zero-order chi connectivity index (χ0) is 20.0. The summed E-state index contributed by atoms with van der Waals surface area (Å²) in [5.41, 5.74) is 1.47. The lowest BCUT2D eigenvalue weighted by atomic mass is 9.78. The number of hydrogen-bond acceptors (Lipinski definition) is 3. The highest BCUT2D eigenvalue weighted by atomic mass is 127. The molecule has 2 aliphatic rings. The normalized spacial score (nSPS) is 20.4. The molecule has 2 N–H and O–H groups in total. The first kappa shape index (κ1) is 24.3. The van der Waals surface area contributed by atoms with Crippen LogP contribution in [0.2, 0.25) is 0 Å². The van der Waals surface area contributed by atoms with Gasteiger partial charge >= 0.3 is 0 Å². The summed E-state index contributed by atoms with van der Waals surface area (Å²) in [4.78, 5) is 7.07. The molecule has 1 saturated carbocycles. The van der Waals surface area contributed by atoms with E-state index in [0.29, 0.717) is 12.1 Å². The fourth-order valence-corrected chi connectivity index (χ4v) is 4.88. The number of nitrogens with zero attached hydrogens (tertiary/aromatic N) is 2. The van der Waals surface area contributed by atoms with Crippen molar-refractivity contribution in [1.82, 2.24) is 15.5 Å². The van der Waals surface area contributed by atoms with Crippen LogP contribution < -0.4 is 15.4 Å². The molecule has 1 aliphatic heterocycles. The molecule has 1 saturated heterocycles. The average Bonchev–Trinajstić information content (AvgIpc) is 3.21. The number of para-hydroxylation sites is 1. The molecule has 0 amide bonds. The van der Waals surface area contributed by atoms with E-state index >= 15 is 0 Å². The van der Waals surface area contributed by atoms with Crippen LogP contribution in [0, 0.1) is 0 Å². The second kappa shape index (κ2) is 11.4. The zero-order valence-corrected chi connectivity index (χ0v) is 20.9. The number of halogens is 1. The van der Waals surface area contributed by atoms with Crippen LogP contribution in [0.15, 0.2) is 29.3 Å². The number of benzene rings is 1. The molecule has 0 spiro atoms. The number of aliphatic imine (C=N–C) groups is 1. The van der Waals surface area contributed by atoms with Gasteiger partial charge in [0.15, 0.2) is 5.96 Å². The molecular formula is C23H39IN4O. The molecule has 0 atom stereocenters. The van der Waals surface area contributed by atoms with Crippen molar-refractivity contribution in [2.45, 2.75) is 69.9 Å². The third-order valence-electron chi connectivity index (χ3n) is 6.66. The summed E-state index contributed by atoms with van der Waals surface area (Å²) < 4.78 is 5.69. The second-order valence-electron chi connectivity index (χ2n) is 8.66. The Labute approximate surface area is 194 Å². The maximum atomic E-state index is 5.69. The van der Waals surface area contributed by atoms with Crippen molar-refractivity contribution in [3.8, 4) is 5.75 Å². The predicted molar refractivity (Wildman–Crippen MR) is 133 cm³/mol. The van der Waals surface area contributed by atoms with Gasteiger partial charge in [0.25, 0.3) is 0 Å². The lowest BCUT2D eigenvalue weighted by Crippen LogP contribution is -2.51. The molecule has 3 rings (SSSR count). The van der Waals surface area contributed by atoms with Crippen LogP contribution in [0.4, 0.5) is 0 Å². The second-order valence-corrected chi connectivity index (χ2v) is 8.66. The maximum absolute atomic E-state index is 5.69. The Morgan fingerprint density at radius 2 is 1.86 bits per heavy atom. The van der Waals surface area contributed by atoms with Crippen LogP contribution in [0.25, 0.3) is 0 Å². The molecule has 0 unspecified atom stereocenters. The zero-order valence-electron chi connectivity index (χ0n) is 18.5. The molecule has 1 aromatic carbocycles. The van der Waals surface area contributed by atoms with Gasteiger partial charge in [0, 0.05) is 49.7 Å². The van der Waals surface area contributed by atoms with Crippen LogP contribution >= 0.6 is 24.0 Å². The molecule has 1 heterocycles. The number of piperidine rings is 1. The van der Waals surface area contributed by atoms with Crippen LogP contribution in [0.3, 0.4) is 0 Å². The molecule has 164 valence electrons. The summed E-state index contributed by atoms with van der Waals surface area (Å²) in [6.45, 7) is 7.80. The predicted octanol–water partition coefficient (Wildman–Crippen LogP) is 4.16. The minimum Gasteiger partial charge on any atom is -0.496 e. The number of likely N-dealkylation sites (tertiary alicyclic amines) is 1. The summed E-state index contributed by atoms with van der Waals surface area (Å²) in [5.74, 6) is 1.94. The molecule has 29 heavy (non-hydrogen) atoms. The molecule has 6 heteroatoms. The van der Waals surface area contributed by atoms with Crippen molar-refractivity contribution < 1.29 is 4.74 Å². The van der Waals surface area contributed by atoms with Gasteiger partial charge in [0.05, 0.1) is 7.11 Å². The Kier molecular flexibility index (Phi) is 9.53. The summed E-state index contributed by atoms with van der Waals surface area (Å²) in [5, 5.41) is 7.32. The van der Waals surface area contributed by atoms with Crippen molar-refractivity contribution in [1.29, 1.82) is 0 Å². The van der Waals surface area contributed by atoms with Crippen molar-refractivity contribution in [2.24, 2.45) is 4.99 Å². The lowest BCUT2D eigenvalue weighted by Gasteiger charge is -2.36. The van der Waals surface area contributed by atoms with Gasteiger partial charge in [-0.15, -0.1) is 24.0 Å². The summed E-state index contributed by atoms with van der Waals surface area (Å²) in [7, 11) is 3.65. The van der Waals surface area contributed by atoms with Gasteiger partial charge in [-0.2, -0.15) is 0 Å². The van der Waals surface area contributed by atoms with E-state index < -0.39 is 0 Å². The van der Waals surface area contributed by atoms with E-state index in [1.54, 1.807) is 7.11 Å². The van der Waals surface area contributed by atoms with E-state index in [4.69, 9.17) is 4.74 Å². The van der Waals surface area contributed by atoms with Gasteiger partial charge in [0.1, 0.15) is 5.75 Å². The van der Waals surface area contributed by atoms with E-state index in [-0.39, 0.29) is 29.4 Å². The van der Waals surface area contributed by atoms with E-state index in [2.05, 4.69) is 58.6 Å². The van der Waals surface area contributed by atoms with E-state index in [1.807, 2.05) is 7.05 Å². The third kappa shape index (κ3) is 6.00. The number of ether oxygens (including phenoxy) is 1. The van der Waals surface area contributed by atoms with Crippen molar-refractivity contribution >= 4 is 29.9 Å². The Morgan fingerprint density at radius 3 is 2.45 bits per heavy atom. The Bertz CT molecular complexity index is 650. The van der Waals surface area contributed by atoms with Crippen LogP contribution in [-0.4, -0.2) is 56.7 Å². The minimum atomic E-state index is 0. The molecule has 1 aliphatic carbocycles. The quantitative estimate of drug-likeness (QED) is 0.340. The highest BCUT2D eigenvalue weighted by Crippen LogP contribution is 2.44. The van der Waals surface area contributed by atoms with E-state index in [9.17, 15) is 0 Å². The number of rotatable bonds is 6. The number of methoxy groups -OCH3 is 1. The van der Waals surface area contributed by atoms with Gasteiger partial charge in [-0.25, -0.2) is 0 Å². The Morgan fingerprint density at radius 1 is 1.21 bits per heavy atom. The third-order valence-corrected chi connectivity index (χ3v) is 6.66. The van der Waals surface area contributed by atoms with Gasteiger partial charge < -0.3 is 20.3 Å². The number of guanidine groups is 1. The highest BCUT2D eigenvalue weighted by molar-refractivity contribution is 14.0. The first-order valence-electron chi connectivity index (χ1n) is 10.9. The molecule has 0 aromatic heterocycles. The molecule has 0 radical (unpaired) electrons. The largest absolute Gasteiger partial charge is 0.496 e. The fraction of sp³-hybridized carbons (Fsp3) is 0.696. The van der Waals surface area contributed by atoms with E-state index in [1.165, 1.54) is 44.1 Å².